The number of nitrogens with two attached hydrogens (primary N) is 1. The van der Waals surface area contributed by atoms with Gasteiger partial charge < -0.3 is 25.2 Å². The van der Waals surface area contributed by atoms with Gasteiger partial charge in [-0.25, -0.2) is 4.57 Å². The first-order valence-electron chi connectivity index (χ1n) is 21.3. The molecule has 0 saturated heterocycles. The third-order valence-corrected chi connectivity index (χ3v) is 9.76. The largest absolute Gasteiger partial charge is 0.480 e. The topological polar surface area (TPSA) is 155 Å². The molecule has 0 rings (SSSR count). The van der Waals surface area contributed by atoms with E-state index in [9.17, 15) is 19.0 Å². The first-order valence-corrected chi connectivity index (χ1v) is 22.8. The molecule has 0 aliphatic carbocycles. The van der Waals surface area contributed by atoms with Crippen molar-refractivity contribution in [2.45, 2.75) is 180 Å². The van der Waals surface area contributed by atoms with Crippen LogP contribution in [0, 0.1) is 0 Å². The van der Waals surface area contributed by atoms with Crippen LogP contribution in [0.2, 0.25) is 0 Å². The number of carbonyl (C=O) groups excluding carboxylic acids is 1. The summed E-state index contributed by atoms with van der Waals surface area (Å²) >= 11 is 0. The van der Waals surface area contributed by atoms with Crippen molar-refractivity contribution in [1.29, 1.82) is 0 Å². The monoisotopic (exact) mass is 796 g/mol. The van der Waals surface area contributed by atoms with Gasteiger partial charge in [-0.15, -0.1) is 0 Å². The summed E-state index contributed by atoms with van der Waals surface area (Å²) in [4.78, 5) is 33.5. The molecule has 3 atom stereocenters. The number of rotatable bonds is 40. The van der Waals surface area contributed by atoms with Crippen LogP contribution in [0.1, 0.15) is 168 Å². The number of esters is 1. The van der Waals surface area contributed by atoms with Crippen LogP contribution in [-0.4, -0.2) is 60.5 Å². The first kappa shape index (κ1) is 52.7. The summed E-state index contributed by atoms with van der Waals surface area (Å²) in [5.74, 6) is -1.79. The molecule has 0 saturated carbocycles. The summed E-state index contributed by atoms with van der Waals surface area (Å²) in [6.07, 6.45) is 47.0. The molecule has 0 aromatic heterocycles. The average molecular weight is 796 g/mol. The molecule has 0 radical (unpaired) electrons. The van der Waals surface area contributed by atoms with Gasteiger partial charge in [0.05, 0.1) is 19.8 Å². The van der Waals surface area contributed by atoms with Crippen molar-refractivity contribution < 1.29 is 42.7 Å². The quantitative estimate of drug-likeness (QED) is 0.0236. The molecule has 0 aliphatic rings. The maximum absolute atomic E-state index is 12.6. The first-order chi connectivity index (χ1) is 26.7. The van der Waals surface area contributed by atoms with Gasteiger partial charge >= 0.3 is 19.8 Å². The molecule has 0 aromatic carbocycles. The second-order valence-electron chi connectivity index (χ2n) is 14.1. The molecule has 0 bridgehead atoms. The zero-order chi connectivity index (χ0) is 40.5. The number of aliphatic carboxylic acids is 1. The predicted molar refractivity (Wildman–Crippen MR) is 226 cm³/mol. The lowest BCUT2D eigenvalue weighted by molar-refractivity contribution is -0.154. The molecule has 11 heteroatoms. The normalized spacial score (nSPS) is 14.5. The van der Waals surface area contributed by atoms with Crippen molar-refractivity contribution in [3.63, 3.8) is 0 Å². The molecule has 318 valence electrons. The van der Waals surface area contributed by atoms with Crippen LogP contribution in [0.4, 0.5) is 0 Å². The number of carboxylic acids is 1. The Morgan fingerprint density at radius 3 is 1.58 bits per heavy atom. The minimum atomic E-state index is -4.62. The van der Waals surface area contributed by atoms with E-state index in [1.165, 1.54) is 57.8 Å². The number of hydrogen-bond donors (Lipinski definition) is 3. The molecule has 0 aromatic rings. The van der Waals surface area contributed by atoms with Crippen molar-refractivity contribution in [3.05, 3.63) is 60.8 Å². The predicted octanol–water partition coefficient (Wildman–Crippen LogP) is 11.6. The summed E-state index contributed by atoms with van der Waals surface area (Å²) in [6, 6.07) is -1.48. The Bertz CT molecular complexity index is 1100. The summed E-state index contributed by atoms with van der Waals surface area (Å²) in [5.41, 5.74) is 5.35. The molecular formula is C44H78NO9P. The van der Waals surface area contributed by atoms with Crippen molar-refractivity contribution in [1.82, 2.24) is 0 Å². The maximum atomic E-state index is 12.6. The van der Waals surface area contributed by atoms with Crippen LogP contribution in [0.15, 0.2) is 60.8 Å². The van der Waals surface area contributed by atoms with Crippen LogP contribution in [0.3, 0.4) is 0 Å². The molecule has 3 unspecified atom stereocenters. The second kappa shape index (κ2) is 39.9. The van der Waals surface area contributed by atoms with Crippen molar-refractivity contribution in [3.8, 4) is 0 Å². The number of carbonyl (C=O) groups is 2. The van der Waals surface area contributed by atoms with E-state index in [1.54, 1.807) is 0 Å². The van der Waals surface area contributed by atoms with Crippen LogP contribution >= 0.6 is 7.82 Å². The summed E-state index contributed by atoms with van der Waals surface area (Å²) in [5, 5.41) is 8.89. The second-order valence-corrected chi connectivity index (χ2v) is 15.5. The number of phosphoric ester groups is 1. The molecule has 55 heavy (non-hydrogen) atoms. The Labute approximate surface area is 334 Å². The van der Waals surface area contributed by atoms with Crippen LogP contribution in [-0.2, 0) is 32.7 Å². The Morgan fingerprint density at radius 2 is 1.05 bits per heavy atom. The molecule has 0 fully saturated rings. The molecule has 0 heterocycles. The fourth-order valence-corrected chi connectivity index (χ4v) is 6.29. The lowest BCUT2D eigenvalue weighted by Crippen LogP contribution is -2.34. The smallest absolute Gasteiger partial charge is 0.472 e. The number of hydrogen-bond acceptors (Lipinski definition) is 8. The maximum Gasteiger partial charge on any atom is 0.472 e. The van der Waals surface area contributed by atoms with Gasteiger partial charge in [0.1, 0.15) is 12.1 Å². The zero-order valence-corrected chi connectivity index (χ0v) is 35.4. The van der Waals surface area contributed by atoms with E-state index in [0.29, 0.717) is 13.0 Å². The lowest BCUT2D eigenvalue weighted by atomic mass is 10.0. The number of phosphoric acid groups is 1. The van der Waals surface area contributed by atoms with E-state index in [2.05, 4.69) is 74.6 Å². The third kappa shape index (κ3) is 39.7. The zero-order valence-electron chi connectivity index (χ0n) is 34.5. The Kier molecular flexibility index (Phi) is 38.2. The summed E-state index contributed by atoms with van der Waals surface area (Å²) in [7, 11) is -4.62. The van der Waals surface area contributed by atoms with E-state index < -0.39 is 45.1 Å². The Hall–Kier alpha value is -2.33. The van der Waals surface area contributed by atoms with Crippen molar-refractivity contribution >= 4 is 19.8 Å². The van der Waals surface area contributed by atoms with Gasteiger partial charge in [0.2, 0.25) is 0 Å². The van der Waals surface area contributed by atoms with Crippen LogP contribution < -0.4 is 5.73 Å². The van der Waals surface area contributed by atoms with E-state index >= 15 is 0 Å². The average Bonchev–Trinajstić information content (AvgIpc) is 3.16. The van der Waals surface area contributed by atoms with Gasteiger partial charge in [-0.3, -0.25) is 18.6 Å². The minimum absolute atomic E-state index is 0.000973. The van der Waals surface area contributed by atoms with Gasteiger partial charge in [0.25, 0.3) is 0 Å². The highest BCUT2D eigenvalue weighted by atomic mass is 31.2. The van der Waals surface area contributed by atoms with Gasteiger partial charge in [0.15, 0.2) is 0 Å². The van der Waals surface area contributed by atoms with Crippen molar-refractivity contribution in [2.75, 3.05) is 26.4 Å². The van der Waals surface area contributed by atoms with Crippen molar-refractivity contribution in [2.24, 2.45) is 5.73 Å². The number of unbranched alkanes of at least 4 members (excludes halogenated alkanes) is 16. The number of ether oxygens (including phenoxy) is 2. The van der Waals surface area contributed by atoms with Crippen LogP contribution in [0.25, 0.3) is 0 Å². The van der Waals surface area contributed by atoms with Gasteiger partial charge in [-0.1, -0.05) is 164 Å². The molecule has 0 spiro atoms. The van der Waals surface area contributed by atoms with Gasteiger partial charge in [-0.2, -0.15) is 0 Å². The fourth-order valence-electron chi connectivity index (χ4n) is 5.51. The molecular weight excluding hydrogens is 717 g/mol. The number of allylic oxidation sites excluding steroid dienone is 10. The van der Waals surface area contributed by atoms with E-state index in [1.807, 2.05) is 0 Å². The van der Waals surface area contributed by atoms with E-state index in [-0.39, 0.29) is 13.0 Å². The molecule has 4 N–H and O–H groups in total. The SMILES string of the molecule is CC/C=C\C/C=C\C/C=C\C/C=C\C/C=C\CCCCCCOCC(COP(=O)(O)OCC(N)C(=O)O)OC(=O)CCCCCCCCCCCCCCC. The number of carboxylic acid groups (broad SMARTS) is 1. The lowest BCUT2D eigenvalue weighted by Gasteiger charge is -2.20. The Morgan fingerprint density at radius 1 is 0.600 bits per heavy atom. The highest BCUT2D eigenvalue weighted by Crippen LogP contribution is 2.43. The van der Waals surface area contributed by atoms with Crippen LogP contribution in [0.5, 0.6) is 0 Å². The molecule has 10 nitrogen and oxygen atoms in total. The van der Waals surface area contributed by atoms with E-state index in [0.717, 1.165) is 83.5 Å². The Balaban J connectivity index is 4.30. The highest BCUT2D eigenvalue weighted by molar-refractivity contribution is 7.47. The van der Waals surface area contributed by atoms with Gasteiger partial charge in [-0.05, 0) is 57.8 Å². The molecule has 0 aliphatic heterocycles. The highest BCUT2D eigenvalue weighted by Gasteiger charge is 2.27. The summed E-state index contributed by atoms with van der Waals surface area (Å²) in [6.45, 7) is 3.70. The van der Waals surface area contributed by atoms with E-state index in [4.69, 9.17) is 29.4 Å². The summed E-state index contributed by atoms with van der Waals surface area (Å²) < 4.78 is 33.3. The fraction of sp³-hybridized carbons (Fsp3) is 0.727. The third-order valence-electron chi connectivity index (χ3n) is 8.81. The minimum Gasteiger partial charge on any atom is -0.480 e. The molecule has 0 amide bonds. The van der Waals surface area contributed by atoms with Gasteiger partial charge in [0, 0.05) is 13.0 Å². The standard InChI is InChI=1S/C44H78NO9P/c1-3-5-7-9-11-13-15-17-18-19-20-21-22-23-25-27-29-31-33-35-37-51-38-41(39-52-55(49,50)53-40-42(45)44(47)48)54-43(46)36-34-32-30-28-26-24-16-14-12-10-8-6-4-2/h5,7,11,13,17-18,20-21,23,25,41-42H,3-4,6,8-10,12,14-16,19,22,24,26-40,45H2,1-2H3,(H,47,48)(H,49,50)/b7-5-,13-11-,18-17-,21-20-,25-23-.